The number of rotatable bonds is 3. The van der Waals surface area contributed by atoms with E-state index in [1.807, 2.05) is 6.07 Å². The summed E-state index contributed by atoms with van der Waals surface area (Å²) in [4.78, 5) is 27.1. The average molecular weight is 374 g/mol. The molecule has 3 rings (SSSR count). The van der Waals surface area contributed by atoms with Crippen LogP contribution < -0.4 is 5.56 Å². The van der Waals surface area contributed by atoms with Crippen LogP contribution in [-0.4, -0.2) is 33.7 Å². The van der Waals surface area contributed by atoms with Crippen molar-refractivity contribution in [1.82, 2.24) is 14.7 Å². The predicted molar refractivity (Wildman–Crippen MR) is 108 cm³/mol. The maximum Gasteiger partial charge on any atom is 0.266 e. The first kappa shape index (κ1) is 20.1. The second-order valence-electron chi connectivity index (χ2n) is 9.71. The van der Waals surface area contributed by atoms with E-state index in [-0.39, 0.29) is 16.9 Å². The maximum absolute atomic E-state index is 12.8. The van der Waals surface area contributed by atoms with Gasteiger partial charge in [0.05, 0.1) is 5.69 Å². The van der Waals surface area contributed by atoms with Gasteiger partial charge in [-0.2, -0.15) is 5.10 Å². The van der Waals surface area contributed by atoms with Crippen molar-refractivity contribution in [3.05, 3.63) is 28.2 Å². The molecule has 1 saturated carbocycles. The van der Waals surface area contributed by atoms with Crippen LogP contribution in [-0.2, 0) is 16.8 Å². The zero-order valence-corrected chi connectivity index (χ0v) is 17.4. The van der Waals surface area contributed by atoms with Crippen LogP contribution >= 0.6 is 0 Å². The van der Waals surface area contributed by atoms with Crippen LogP contribution in [0.15, 0.2) is 16.9 Å². The third kappa shape index (κ3) is 4.99. The van der Waals surface area contributed by atoms with Crippen molar-refractivity contribution in [3.8, 4) is 0 Å². The van der Waals surface area contributed by atoms with Crippen molar-refractivity contribution < 1.29 is 4.79 Å². The summed E-state index contributed by atoms with van der Waals surface area (Å²) in [5.41, 5.74) is 0.849. The van der Waals surface area contributed by atoms with Crippen LogP contribution in [0.5, 0.6) is 0 Å². The zero-order valence-electron chi connectivity index (χ0n) is 17.4. The molecular formula is C22H35N3O2. The van der Waals surface area contributed by atoms with E-state index in [2.05, 4.69) is 37.7 Å². The highest BCUT2D eigenvalue weighted by atomic mass is 16.2. The number of hydrogen-bond donors (Lipinski definition) is 0. The molecule has 1 amide bonds. The van der Waals surface area contributed by atoms with Crippen LogP contribution in [0.4, 0.5) is 0 Å². The molecule has 1 aromatic rings. The summed E-state index contributed by atoms with van der Waals surface area (Å²) < 4.78 is 1.63. The first-order chi connectivity index (χ1) is 12.7. The first-order valence-electron chi connectivity index (χ1n) is 10.6. The molecular weight excluding hydrogens is 338 g/mol. The molecule has 0 spiro atoms. The Kier molecular flexibility index (Phi) is 6.07. The van der Waals surface area contributed by atoms with Gasteiger partial charge in [-0.25, -0.2) is 4.68 Å². The lowest BCUT2D eigenvalue weighted by Crippen LogP contribution is -2.43. The van der Waals surface area contributed by atoms with E-state index < -0.39 is 0 Å². The SMILES string of the molecule is CC1CCC(C(=O)N2CCC(Cn3nc(C(C)(C)C)ccc3=O)CC2)CC1. The van der Waals surface area contributed by atoms with Gasteiger partial charge >= 0.3 is 0 Å². The van der Waals surface area contributed by atoms with Gasteiger partial charge in [-0.3, -0.25) is 9.59 Å². The lowest BCUT2D eigenvalue weighted by Gasteiger charge is -2.36. The summed E-state index contributed by atoms with van der Waals surface area (Å²) >= 11 is 0. The topological polar surface area (TPSA) is 55.2 Å². The predicted octanol–water partition coefficient (Wildman–Crippen LogP) is 3.61. The summed E-state index contributed by atoms with van der Waals surface area (Å²) in [6.45, 7) is 10.9. The van der Waals surface area contributed by atoms with Gasteiger partial charge in [-0.1, -0.05) is 27.7 Å². The molecule has 150 valence electrons. The Hall–Kier alpha value is -1.65. The summed E-state index contributed by atoms with van der Waals surface area (Å²) in [5, 5.41) is 4.60. The standard InChI is InChI=1S/C22H35N3O2/c1-16-5-7-18(8-6-16)21(27)24-13-11-17(12-14-24)15-25-20(26)10-9-19(23-25)22(2,3)4/h9-10,16-18H,5-8,11-15H2,1-4H3. The molecule has 5 nitrogen and oxygen atoms in total. The third-order valence-electron chi connectivity index (χ3n) is 6.36. The average Bonchev–Trinajstić information content (AvgIpc) is 2.63. The van der Waals surface area contributed by atoms with Crippen molar-refractivity contribution in [1.29, 1.82) is 0 Å². The largest absolute Gasteiger partial charge is 0.342 e. The fourth-order valence-electron chi connectivity index (χ4n) is 4.33. The second-order valence-corrected chi connectivity index (χ2v) is 9.71. The molecule has 0 unspecified atom stereocenters. The highest BCUT2D eigenvalue weighted by molar-refractivity contribution is 5.79. The molecule has 1 saturated heterocycles. The first-order valence-corrected chi connectivity index (χ1v) is 10.6. The molecule has 0 bridgehead atoms. The maximum atomic E-state index is 12.8. The van der Waals surface area contributed by atoms with Crippen LogP contribution in [0.25, 0.3) is 0 Å². The number of hydrogen-bond acceptors (Lipinski definition) is 3. The Morgan fingerprint density at radius 2 is 1.70 bits per heavy atom. The van der Waals surface area contributed by atoms with Gasteiger partial charge < -0.3 is 4.90 Å². The number of carbonyl (C=O) groups excluding carboxylic acids is 1. The van der Waals surface area contributed by atoms with Crippen LogP contribution in [0.1, 0.15) is 71.9 Å². The minimum absolute atomic E-state index is 0.0298. The van der Waals surface area contributed by atoms with Crippen molar-refractivity contribution in [3.63, 3.8) is 0 Å². The van der Waals surface area contributed by atoms with E-state index in [1.54, 1.807) is 10.7 Å². The highest BCUT2D eigenvalue weighted by Gasteiger charge is 2.30. The van der Waals surface area contributed by atoms with Crippen molar-refractivity contribution >= 4 is 5.91 Å². The summed E-state index contributed by atoms with van der Waals surface area (Å²) in [6, 6.07) is 3.47. The van der Waals surface area contributed by atoms with Crippen LogP contribution in [0.2, 0.25) is 0 Å². The summed E-state index contributed by atoms with van der Waals surface area (Å²) in [6.07, 6.45) is 6.40. The number of piperidine rings is 1. The lowest BCUT2D eigenvalue weighted by atomic mass is 9.82. The van der Waals surface area contributed by atoms with Gasteiger partial charge in [-0.05, 0) is 56.4 Å². The Balaban J connectivity index is 1.55. The fraction of sp³-hybridized carbons (Fsp3) is 0.773. The van der Waals surface area contributed by atoms with Crippen LogP contribution in [0.3, 0.4) is 0 Å². The van der Waals surface area contributed by atoms with E-state index in [0.29, 0.717) is 18.4 Å². The molecule has 0 aromatic carbocycles. The third-order valence-corrected chi connectivity index (χ3v) is 6.36. The molecule has 2 heterocycles. The van der Waals surface area contributed by atoms with Crippen molar-refractivity contribution in [2.24, 2.45) is 17.8 Å². The minimum atomic E-state index is -0.0667. The quantitative estimate of drug-likeness (QED) is 0.813. The monoisotopic (exact) mass is 373 g/mol. The fourth-order valence-corrected chi connectivity index (χ4v) is 4.33. The molecule has 1 aliphatic heterocycles. The van der Waals surface area contributed by atoms with E-state index in [1.165, 1.54) is 12.8 Å². The van der Waals surface area contributed by atoms with Gasteiger partial charge in [0.1, 0.15) is 0 Å². The normalized spacial score (nSPS) is 24.8. The van der Waals surface area contributed by atoms with Gasteiger partial charge in [0, 0.05) is 37.0 Å². The Labute approximate surface area is 163 Å². The lowest BCUT2D eigenvalue weighted by molar-refractivity contribution is -0.138. The Morgan fingerprint density at radius 3 is 2.30 bits per heavy atom. The van der Waals surface area contributed by atoms with E-state index >= 15 is 0 Å². The smallest absolute Gasteiger partial charge is 0.266 e. The van der Waals surface area contributed by atoms with E-state index in [4.69, 9.17) is 0 Å². The molecule has 2 aliphatic rings. The van der Waals surface area contributed by atoms with Crippen molar-refractivity contribution in [2.75, 3.05) is 13.1 Å². The number of nitrogens with zero attached hydrogens (tertiary/aromatic N) is 3. The molecule has 1 aliphatic carbocycles. The molecule has 1 aromatic heterocycles. The number of likely N-dealkylation sites (tertiary alicyclic amines) is 1. The molecule has 0 radical (unpaired) electrons. The van der Waals surface area contributed by atoms with E-state index in [9.17, 15) is 9.59 Å². The number of carbonyl (C=O) groups is 1. The van der Waals surface area contributed by atoms with E-state index in [0.717, 1.165) is 50.4 Å². The van der Waals surface area contributed by atoms with Gasteiger partial charge in [-0.15, -0.1) is 0 Å². The molecule has 5 heteroatoms. The van der Waals surface area contributed by atoms with Gasteiger partial charge in [0.15, 0.2) is 0 Å². The number of aromatic nitrogens is 2. The minimum Gasteiger partial charge on any atom is -0.342 e. The molecule has 27 heavy (non-hydrogen) atoms. The second kappa shape index (κ2) is 8.15. The molecule has 0 N–H and O–H groups in total. The molecule has 0 atom stereocenters. The van der Waals surface area contributed by atoms with Crippen molar-refractivity contribution in [2.45, 2.75) is 78.2 Å². The number of amides is 1. The van der Waals surface area contributed by atoms with Crippen LogP contribution in [0, 0.1) is 17.8 Å². The zero-order chi connectivity index (χ0) is 19.6. The van der Waals surface area contributed by atoms with Gasteiger partial charge in [0.25, 0.3) is 5.56 Å². The summed E-state index contributed by atoms with van der Waals surface area (Å²) in [7, 11) is 0. The Bertz CT molecular complexity index is 703. The molecule has 2 fully saturated rings. The highest BCUT2D eigenvalue weighted by Crippen LogP contribution is 2.31. The Morgan fingerprint density at radius 1 is 1.07 bits per heavy atom. The van der Waals surface area contributed by atoms with Gasteiger partial charge in [0.2, 0.25) is 5.91 Å². The summed E-state index contributed by atoms with van der Waals surface area (Å²) in [5.74, 6) is 1.80.